The number of aliphatic carboxylic acids is 2. The number of rotatable bonds is 31. The lowest BCUT2D eigenvalue weighted by Crippen LogP contribution is -2.47. The molecule has 0 saturated heterocycles. The van der Waals surface area contributed by atoms with Crippen molar-refractivity contribution >= 4 is 23.8 Å². The van der Waals surface area contributed by atoms with Crippen LogP contribution in [0.5, 0.6) is 0 Å². The Morgan fingerprint density at radius 3 is 1.92 bits per heavy atom. The minimum absolute atomic E-state index is 0.221. The summed E-state index contributed by atoms with van der Waals surface area (Å²) >= 11 is 0. The SMILES string of the molecule is CCCCCCCCCCCC(CCCCCCCCCCC(=O)O)(C(=O)O)C(=O)NCCOCCn1nnc2c1CC[C@H]1[C@@H](CC2)[C@H]1COC(C)=O. The van der Waals surface area contributed by atoms with E-state index in [2.05, 4.69) is 22.6 Å². The second-order valence-corrected chi connectivity index (χ2v) is 15.6. The number of aromatic nitrogens is 3. The third-order valence-corrected chi connectivity index (χ3v) is 11.6. The number of carboxylic acids is 2. The minimum Gasteiger partial charge on any atom is -0.481 e. The number of amides is 1. The van der Waals surface area contributed by atoms with E-state index in [9.17, 15) is 24.3 Å². The van der Waals surface area contributed by atoms with Crippen molar-refractivity contribution in [3.05, 3.63) is 11.4 Å². The van der Waals surface area contributed by atoms with Crippen LogP contribution in [0.2, 0.25) is 0 Å². The van der Waals surface area contributed by atoms with Gasteiger partial charge in [-0.05, 0) is 62.7 Å². The molecule has 1 saturated carbocycles. The molecule has 3 rings (SSSR count). The van der Waals surface area contributed by atoms with Crippen molar-refractivity contribution in [2.45, 2.75) is 174 Å². The van der Waals surface area contributed by atoms with Crippen LogP contribution in [-0.2, 0) is 48.0 Å². The van der Waals surface area contributed by atoms with Gasteiger partial charge in [-0.2, -0.15) is 0 Å². The van der Waals surface area contributed by atoms with Crippen LogP contribution in [0, 0.1) is 23.2 Å². The van der Waals surface area contributed by atoms with Crippen LogP contribution in [0.1, 0.15) is 166 Å². The van der Waals surface area contributed by atoms with Crippen LogP contribution in [0.25, 0.3) is 0 Å². The smallest absolute Gasteiger partial charge is 0.319 e. The number of carbonyl (C=O) groups excluding carboxylic acids is 2. The Kier molecular flexibility index (Phi) is 21.0. The van der Waals surface area contributed by atoms with Gasteiger partial charge in [0.1, 0.15) is 5.41 Å². The van der Waals surface area contributed by atoms with E-state index in [1.807, 2.05) is 4.68 Å². The zero-order valence-electron chi connectivity index (χ0n) is 32.9. The van der Waals surface area contributed by atoms with Gasteiger partial charge in [-0.3, -0.25) is 19.2 Å². The molecule has 0 radical (unpaired) electrons. The van der Waals surface area contributed by atoms with Crippen molar-refractivity contribution < 1.29 is 38.9 Å². The standard InChI is InChI=1S/C41H70N4O8/c1-3-4-5-6-7-9-12-15-18-25-41(40(50)51,26-19-16-13-10-8-11-14-17-20-38(47)48)39(49)42-27-29-52-30-28-45-37-24-22-34-33(21-23-36(37)43-44-45)35(34)31-53-32(2)46/h33-35H,3-31H2,1-2H3,(H,42,49)(H,47,48)(H,50,51)/t33-,34+,35-,41?/m1/s1. The Bertz CT molecular complexity index is 1240. The molecule has 1 amide bonds. The number of fused-ring (bicyclic) bond motifs is 2. The summed E-state index contributed by atoms with van der Waals surface area (Å²) in [5, 5.41) is 31.0. The predicted octanol–water partition coefficient (Wildman–Crippen LogP) is 7.69. The average molecular weight is 747 g/mol. The van der Waals surface area contributed by atoms with Gasteiger partial charge < -0.3 is 25.0 Å². The van der Waals surface area contributed by atoms with Crippen LogP contribution in [0.3, 0.4) is 0 Å². The summed E-state index contributed by atoms with van der Waals surface area (Å²) in [6.07, 6.45) is 22.1. The summed E-state index contributed by atoms with van der Waals surface area (Å²) in [6.45, 7) is 5.68. The van der Waals surface area contributed by atoms with Gasteiger partial charge in [0.05, 0.1) is 37.8 Å². The first-order valence-electron chi connectivity index (χ1n) is 21.1. The topological polar surface area (TPSA) is 170 Å². The van der Waals surface area contributed by atoms with E-state index >= 15 is 0 Å². The molecule has 1 aromatic heterocycles. The number of esters is 1. The van der Waals surface area contributed by atoms with Gasteiger partial charge in [0, 0.05) is 19.9 Å². The number of carboxylic acid groups (broad SMARTS) is 2. The molecule has 1 aromatic rings. The molecule has 1 unspecified atom stereocenters. The Morgan fingerprint density at radius 2 is 1.36 bits per heavy atom. The minimum atomic E-state index is -1.44. The molecule has 302 valence electrons. The Hall–Kier alpha value is -3.02. The lowest BCUT2D eigenvalue weighted by molar-refractivity contribution is -0.157. The number of unbranched alkanes of at least 4 members (excludes halogenated alkanes) is 15. The Morgan fingerprint density at radius 1 is 0.792 bits per heavy atom. The van der Waals surface area contributed by atoms with E-state index in [0.29, 0.717) is 63.2 Å². The highest BCUT2D eigenvalue weighted by Gasteiger charge is 2.50. The molecule has 53 heavy (non-hydrogen) atoms. The summed E-state index contributed by atoms with van der Waals surface area (Å²) < 4.78 is 13.1. The summed E-state index contributed by atoms with van der Waals surface area (Å²) in [4.78, 5) is 48.4. The van der Waals surface area contributed by atoms with Crippen molar-refractivity contribution in [1.82, 2.24) is 20.3 Å². The van der Waals surface area contributed by atoms with Gasteiger partial charge >= 0.3 is 17.9 Å². The maximum atomic E-state index is 13.6. The van der Waals surface area contributed by atoms with Crippen molar-refractivity contribution in [1.29, 1.82) is 0 Å². The second kappa shape index (κ2) is 25.1. The van der Waals surface area contributed by atoms with E-state index in [0.717, 1.165) is 101 Å². The third-order valence-electron chi connectivity index (χ3n) is 11.6. The molecular formula is C41H70N4O8. The van der Waals surface area contributed by atoms with Gasteiger partial charge in [0.2, 0.25) is 5.91 Å². The molecule has 0 spiro atoms. The monoisotopic (exact) mass is 747 g/mol. The number of nitrogens with zero attached hydrogens (tertiary/aromatic N) is 3. The van der Waals surface area contributed by atoms with Crippen LogP contribution in [0.15, 0.2) is 0 Å². The van der Waals surface area contributed by atoms with Crippen LogP contribution < -0.4 is 5.32 Å². The van der Waals surface area contributed by atoms with Gasteiger partial charge in [0.25, 0.3) is 0 Å². The largest absolute Gasteiger partial charge is 0.481 e. The van der Waals surface area contributed by atoms with Gasteiger partial charge in [-0.1, -0.05) is 115 Å². The molecule has 12 heteroatoms. The molecule has 1 heterocycles. The summed E-state index contributed by atoms with van der Waals surface area (Å²) in [7, 11) is 0. The molecule has 2 aliphatic rings. The van der Waals surface area contributed by atoms with E-state index in [-0.39, 0.29) is 25.5 Å². The fourth-order valence-corrected chi connectivity index (χ4v) is 8.29. The first-order valence-corrected chi connectivity index (χ1v) is 21.1. The maximum Gasteiger partial charge on any atom is 0.319 e. The highest BCUT2D eigenvalue weighted by atomic mass is 16.5. The first-order chi connectivity index (χ1) is 25.7. The van der Waals surface area contributed by atoms with Gasteiger partial charge in [-0.15, -0.1) is 5.10 Å². The number of aryl methyl sites for hydroxylation is 1. The van der Waals surface area contributed by atoms with Crippen molar-refractivity contribution in [2.75, 3.05) is 26.4 Å². The fraction of sp³-hybridized carbons (Fsp3) is 0.854. The van der Waals surface area contributed by atoms with Crippen molar-refractivity contribution in [2.24, 2.45) is 23.2 Å². The predicted molar refractivity (Wildman–Crippen MR) is 203 cm³/mol. The van der Waals surface area contributed by atoms with E-state index < -0.39 is 23.3 Å². The molecular weight excluding hydrogens is 676 g/mol. The second-order valence-electron chi connectivity index (χ2n) is 15.6. The highest BCUT2D eigenvalue weighted by Crippen LogP contribution is 2.53. The zero-order chi connectivity index (χ0) is 38.3. The molecule has 0 aliphatic heterocycles. The van der Waals surface area contributed by atoms with Gasteiger partial charge in [0.15, 0.2) is 0 Å². The van der Waals surface area contributed by atoms with Crippen LogP contribution >= 0.6 is 0 Å². The van der Waals surface area contributed by atoms with Gasteiger partial charge in [-0.25, -0.2) is 4.68 Å². The maximum absolute atomic E-state index is 13.6. The van der Waals surface area contributed by atoms with E-state index in [1.54, 1.807) is 0 Å². The molecule has 1 fully saturated rings. The van der Waals surface area contributed by atoms with Crippen molar-refractivity contribution in [3.8, 4) is 0 Å². The number of hydrogen-bond donors (Lipinski definition) is 3. The first kappa shape index (κ1) is 44.4. The van der Waals surface area contributed by atoms with E-state index in [1.165, 1.54) is 39.0 Å². The number of nitrogens with one attached hydrogen (secondary N) is 1. The lowest BCUT2D eigenvalue weighted by atomic mass is 9.76. The number of hydrogen-bond acceptors (Lipinski definition) is 8. The Labute approximate surface area is 317 Å². The quantitative estimate of drug-likeness (QED) is 0.0389. The van der Waals surface area contributed by atoms with Crippen molar-refractivity contribution in [3.63, 3.8) is 0 Å². The molecule has 0 aromatic carbocycles. The highest BCUT2D eigenvalue weighted by molar-refractivity contribution is 6.01. The molecule has 2 aliphatic carbocycles. The van der Waals surface area contributed by atoms with E-state index in [4.69, 9.17) is 14.6 Å². The van der Waals surface area contributed by atoms with Crippen LogP contribution in [-0.4, -0.2) is 75.4 Å². The summed E-state index contributed by atoms with van der Waals surface area (Å²) in [5.74, 6) is -0.785. The molecule has 4 atom stereocenters. The molecule has 12 nitrogen and oxygen atoms in total. The average Bonchev–Trinajstić information content (AvgIpc) is 3.63. The Balaban J connectivity index is 1.41. The third kappa shape index (κ3) is 16.1. The van der Waals surface area contributed by atoms with Crippen LogP contribution in [0.4, 0.5) is 0 Å². The summed E-state index contributed by atoms with van der Waals surface area (Å²) in [5.41, 5.74) is 0.753. The number of ether oxygens (including phenoxy) is 2. The molecule has 0 bridgehead atoms. The number of carbonyl (C=O) groups is 4. The fourth-order valence-electron chi connectivity index (χ4n) is 8.29. The summed E-state index contributed by atoms with van der Waals surface area (Å²) in [6, 6.07) is 0. The zero-order valence-corrected chi connectivity index (χ0v) is 32.9. The lowest BCUT2D eigenvalue weighted by Gasteiger charge is -2.28. The normalized spacial score (nSPS) is 18.9. The molecule has 3 N–H and O–H groups in total.